The summed E-state index contributed by atoms with van der Waals surface area (Å²) < 4.78 is 0. The maximum atomic E-state index is 11.0. The predicted molar refractivity (Wildman–Crippen MR) is 51.3 cm³/mol. The zero-order valence-corrected chi connectivity index (χ0v) is 7.83. The molecule has 2 nitrogen and oxygen atoms in total. The second-order valence-electron chi connectivity index (χ2n) is 3.00. The molecule has 1 aliphatic carbocycles. The normalized spacial score (nSPS) is 15.8. The van der Waals surface area contributed by atoms with Gasteiger partial charge in [-0.05, 0) is 20.3 Å². The van der Waals surface area contributed by atoms with Gasteiger partial charge in [-0.3, -0.25) is 9.59 Å². The molecule has 0 spiro atoms. The minimum absolute atomic E-state index is 0.0365. The van der Waals surface area contributed by atoms with E-state index in [9.17, 15) is 9.59 Å². The molecular weight excluding hydrogens is 164 g/mol. The Balaban J connectivity index is 2.86. The van der Waals surface area contributed by atoms with Crippen molar-refractivity contribution < 1.29 is 9.59 Å². The highest BCUT2D eigenvalue weighted by atomic mass is 16.1. The smallest absolute Gasteiger partial charge is 0.159 e. The van der Waals surface area contributed by atoms with Crippen LogP contribution in [0.3, 0.4) is 0 Å². The van der Waals surface area contributed by atoms with Crippen molar-refractivity contribution in [3.05, 3.63) is 35.5 Å². The Morgan fingerprint density at radius 3 is 1.69 bits per heavy atom. The quantitative estimate of drug-likeness (QED) is 0.644. The van der Waals surface area contributed by atoms with E-state index in [0.29, 0.717) is 17.6 Å². The van der Waals surface area contributed by atoms with Crippen LogP contribution in [-0.4, -0.2) is 11.6 Å². The third-order valence-electron chi connectivity index (χ3n) is 1.93. The Morgan fingerprint density at radius 1 is 1.00 bits per heavy atom. The summed E-state index contributed by atoms with van der Waals surface area (Å²) in [5.41, 5.74) is 1.35. The highest BCUT2D eigenvalue weighted by molar-refractivity contribution is 5.99. The molecule has 68 valence electrons. The molecule has 0 aromatic carbocycles. The summed E-state index contributed by atoms with van der Waals surface area (Å²) >= 11 is 0. The maximum Gasteiger partial charge on any atom is 0.159 e. The van der Waals surface area contributed by atoms with Crippen molar-refractivity contribution in [2.45, 2.75) is 20.3 Å². The number of carbonyl (C=O) groups is 2. The van der Waals surface area contributed by atoms with Gasteiger partial charge < -0.3 is 0 Å². The van der Waals surface area contributed by atoms with Crippen molar-refractivity contribution in [1.29, 1.82) is 0 Å². The molecule has 2 heteroatoms. The van der Waals surface area contributed by atoms with Gasteiger partial charge in [0.15, 0.2) is 11.6 Å². The zero-order valence-electron chi connectivity index (χ0n) is 7.83. The lowest BCUT2D eigenvalue weighted by molar-refractivity contribution is -0.114. The third kappa shape index (κ3) is 2.51. The van der Waals surface area contributed by atoms with Gasteiger partial charge in [0.2, 0.25) is 0 Å². The number of rotatable bonds is 2. The van der Waals surface area contributed by atoms with Crippen LogP contribution in [0.5, 0.6) is 0 Å². The monoisotopic (exact) mass is 176 g/mol. The van der Waals surface area contributed by atoms with E-state index in [-0.39, 0.29) is 11.6 Å². The van der Waals surface area contributed by atoms with E-state index in [0.717, 1.165) is 0 Å². The Hall–Kier alpha value is -1.44. The van der Waals surface area contributed by atoms with Crippen LogP contribution in [0.4, 0.5) is 0 Å². The Bertz CT molecular complexity index is 298. The SMILES string of the molecule is CC(=O)C1=CCC=C(C(C)=O)C=C1. The summed E-state index contributed by atoms with van der Waals surface area (Å²) in [4.78, 5) is 22.0. The molecule has 0 saturated carbocycles. The number of Topliss-reactive ketones (excluding diaryl/α,β-unsaturated/α-hetero) is 2. The molecule has 0 amide bonds. The van der Waals surface area contributed by atoms with Crippen LogP contribution in [0.15, 0.2) is 35.5 Å². The highest BCUT2D eigenvalue weighted by Gasteiger charge is 2.04. The van der Waals surface area contributed by atoms with Crippen LogP contribution in [0.2, 0.25) is 0 Å². The topological polar surface area (TPSA) is 34.1 Å². The molecule has 0 aromatic heterocycles. The van der Waals surface area contributed by atoms with Gasteiger partial charge >= 0.3 is 0 Å². The molecule has 0 bridgehead atoms. The average Bonchev–Trinajstić information content (AvgIpc) is 2.27. The fourth-order valence-corrected chi connectivity index (χ4v) is 1.15. The van der Waals surface area contributed by atoms with Crippen molar-refractivity contribution in [2.24, 2.45) is 0 Å². The first-order chi connectivity index (χ1) is 6.11. The van der Waals surface area contributed by atoms with Crippen molar-refractivity contribution >= 4 is 11.6 Å². The van der Waals surface area contributed by atoms with Gasteiger partial charge in [0.05, 0.1) is 0 Å². The van der Waals surface area contributed by atoms with E-state index in [1.165, 1.54) is 13.8 Å². The molecule has 0 atom stereocenters. The van der Waals surface area contributed by atoms with Crippen molar-refractivity contribution in [1.82, 2.24) is 0 Å². The second kappa shape index (κ2) is 3.99. The molecule has 1 aliphatic rings. The summed E-state index contributed by atoms with van der Waals surface area (Å²) in [5.74, 6) is 0.0731. The standard InChI is InChI=1S/C11H12O2/c1-8(12)10-4-3-5-11(7-6-10)9(2)13/h4-7H,3H2,1-2H3. The average molecular weight is 176 g/mol. The first-order valence-corrected chi connectivity index (χ1v) is 4.21. The van der Waals surface area contributed by atoms with Gasteiger partial charge in [0.25, 0.3) is 0 Å². The van der Waals surface area contributed by atoms with Crippen molar-refractivity contribution in [3.63, 3.8) is 0 Å². The van der Waals surface area contributed by atoms with Crippen LogP contribution < -0.4 is 0 Å². The molecule has 0 aromatic rings. The maximum absolute atomic E-state index is 11.0. The van der Waals surface area contributed by atoms with Gasteiger partial charge in [0, 0.05) is 11.1 Å². The largest absolute Gasteiger partial charge is 0.295 e. The van der Waals surface area contributed by atoms with Gasteiger partial charge in [0.1, 0.15) is 0 Å². The number of hydrogen-bond acceptors (Lipinski definition) is 2. The fourth-order valence-electron chi connectivity index (χ4n) is 1.15. The van der Waals surface area contributed by atoms with E-state index in [1.807, 2.05) is 12.2 Å². The second-order valence-corrected chi connectivity index (χ2v) is 3.00. The summed E-state index contributed by atoms with van der Waals surface area (Å²) in [5, 5.41) is 0. The Labute approximate surface area is 77.6 Å². The Morgan fingerprint density at radius 2 is 1.38 bits per heavy atom. The molecule has 1 rings (SSSR count). The van der Waals surface area contributed by atoms with Gasteiger partial charge in [-0.2, -0.15) is 0 Å². The van der Waals surface area contributed by atoms with Crippen LogP contribution in [0.25, 0.3) is 0 Å². The minimum Gasteiger partial charge on any atom is -0.295 e. The van der Waals surface area contributed by atoms with Crippen molar-refractivity contribution in [2.75, 3.05) is 0 Å². The number of carbonyl (C=O) groups excluding carboxylic acids is 2. The first kappa shape index (κ1) is 9.65. The van der Waals surface area contributed by atoms with Gasteiger partial charge in [-0.15, -0.1) is 0 Å². The third-order valence-corrected chi connectivity index (χ3v) is 1.93. The summed E-state index contributed by atoms with van der Waals surface area (Å²) in [6.45, 7) is 3.05. The number of allylic oxidation sites excluding steroid dienone is 6. The van der Waals surface area contributed by atoms with Crippen molar-refractivity contribution in [3.8, 4) is 0 Å². The molecule has 0 N–H and O–H groups in total. The molecule has 0 aliphatic heterocycles. The summed E-state index contributed by atoms with van der Waals surface area (Å²) in [7, 11) is 0. The minimum atomic E-state index is 0.0365. The van der Waals surface area contributed by atoms with Crippen LogP contribution in [-0.2, 0) is 9.59 Å². The molecular formula is C11H12O2. The van der Waals surface area contributed by atoms with Gasteiger partial charge in [-0.25, -0.2) is 0 Å². The van der Waals surface area contributed by atoms with E-state index >= 15 is 0 Å². The van der Waals surface area contributed by atoms with E-state index < -0.39 is 0 Å². The highest BCUT2D eigenvalue weighted by Crippen LogP contribution is 2.11. The molecule has 0 heterocycles. The summed E-state index contributed by atoms with van der Waals surface area (Å²) in [6, 6.07) is 0. The lowest BCUT2D eigenvalue weighted by Crippen LogP contribution is -1.93. The zero-order chi connectivity index (χ0) is 9.84. The number of ketones is 2. The van der Waals surface area contributed by atoms with E-state index in [4.69, 9.17) is 0 Å². The lowest BCUT2D eigenvalue weighted by atomic mass is 10.1. The lowest BCUT2D eigenvalue weighted by Gasteiger charge is -1.92. The number of hydrogen-bond donors (Lipinski definition) is 0. The fraction of sp³-hybridized carbons (Fsp3) is 0.273. The van der Waals surface area contributed by atoms with Crippen LogP contribution in [0, 0.1) is 0 Å². The molecule has 0 fully saturated rings. The summed E-state index contributed by atoms with van der Waals surface area (Å²) in [6.07, 6.45) is 7.70. The van der Waals surface area contributed by atoms with Crippen LogP contribution in [0.1, 0.15) is 20.3 Å². The predicted octanol–water partition coefficient (Wildman–Crippen LogP) is 1.98. The first-order valence-electron chi connectivity index (χ1n) is 4.21. The molecule has 0 saturated heterocycles. The van der Waals surface area contributed by atoms with E-state index in [2.05, 4.69) is 0 Å². The van der Waals surface area contributed by atoms with E-state index in [1.54, 1.807) is 12.2 Å². The molecule has 0 radical (unpaired) electrons. The Kier molecular flexibility index (Phi) is 2.96. The van der Waals surface area contributed by atoms with Gasteiger partial charge in [-0.1, -0.05) is 24.3 Å². The van der Waals surface area contributed by atoms with Crippen LogP contribution >= 0.6 is 0 Å². The molecule has 0 unspecified atom stereocenters. The molecule has 13 heavy (non-hydrogen) atoms.